The number of benzene rings is 2. The second kappa shape index (κ2) is 7.08. The molecule has 0 aliphatic carbocycles. The Morgan fingerprint density at radius 2 is 2.04 bits per heavy atom. The van der Waals surface area contributed by atoms with Gasteiger partial charge in [0.15, 0.2) is 4.80 Å². The van der Waals surface area contributed by atoms with Gasteiger partial charge < -0.3 is 14.4 Å². The van der Waals surface area contributed by atoms with E-state index in [1.807, 2.05) is 6.07 Å². The number of fused-ring (bicyclic) bond motifs is 1. The predicted molar refractivity (Wildman–Crippen MR) is 95.3 cm³/mol. The Balaban J connectivity index is 2.21. The molecule has 0 aliphatic heterocycles. The van der Waals surface area contributed by atoms with Gasteiger partial charge in [-0.3, -0.25) is 9.59 Å². The van der Waals surface area contributed by atoms with Crippen molar-refractivity contribution in [2.45, 2.75) is 6.54 Å². The van der Waals surface area contributed by atoms with Crippen molar-refractivity contribution in [3.8, 4) is 5.75 Å². The molecule has 1 heterocycles. The summed E-state index contributed by atoms with van der Waals surface area (Å²) in [6, 6.07) is 11.8. The molecule has 0 saturated carbocycles. The lowest BCUT2D eigenvalue weighted by molar-refractivity contribution is -0.137. The number of carbonyl (C=O) groups excluding carboxylic acids is 1. The number of carboxylic acid groups (broad SMARTS) is 1. The van der Waals surface area contributed by atoms with E-state index in [2.05, 4.69) is 4.99 Å². The summed E-state index contributed by atoms with van der Waals surface area (Å²) in [4.78, 5) is 28.1. The fraction of sp³-hybridized carbons (Fsp3) is 0.118. The third-order valence-electron chi connectivity index (χ3n) is 3.45. The van der Waals surface area contributed by atoms with E-state index in [1.165, 1.54) is 29.1 Å². The second-order valence-electron chi connectivity index (χ2n) is 5.10. The minimum absolute atomic E-state index is 0.284. The molecule has 6 nitrogen and oxygen atoms in total. The zero-order valence-corrected chi connectivity index (χ0v) is 14.7. The molecule has 0 unspecified atom stereocenters. The number of thiazole rings is 1. The molecule has 3 rings (SSSR count). The van der Waals surface area contributed by atoms with Gasteiger partial charge in [-0.25, -0.2) is 0 Å². The molecule has 1 N–H and O–H groups in total. The monoisotopic (exact) mass is 376 g/mol. The predicted octanol–water partition coefficient (Wildman–Crippen LogP) is 3.19. The largest absolute Gasteiger partial charge is 0.495 e. The van der Waals surface area contributed by atoms with Gasteiger partial charge in [0.2, 0.25) is 0 Å². The van der Waals surface area contributed by atoms with Crippen LogP contribution in [-0.2, 0) is 11.3 Å². The Hall–Kier alpha value is -2.64. The van der Waals surface area contributed by atoms with Gasteiger partial charge in [-0.05, 0) is 30.3 Å². The third-order valence-corrected chi connectivity index (χ3v) is 4.72. The molecule has 1 amide bonds. The van der Waals surface area contributed by atoms with Crippen LogP contribution in [0.25, 0.3) is 10.2 Å². The maximum Gasteiger partial charge on any atom is 0.323 e. The number of para-hydroxylation sites is 1. The van der Waals surface area contributed by atoms with E-state index >= 15 is 0 Å². The van der Waals surface area contributed by atoms with Crippen LogP contribution in [0.3, 0.4) is 0 Å². The van der Waals surface area contributed by atoms with E-state index in [4.69, 9.17) is 16.3 Å². The standard InChI is InChI=1S/C17H13ClN2O4S/c1-24-12-6-3-7-13-15(12)20(9-14(21)22)17(25-13)19-16(23)10-4-2-5-11(18)8-10/h2-8H,9H2,1H3,(H,21,22). The zero-order chi connectivity index (χ0) is 18.0. The van der Waals surface area contributed by atoms with E-state index in [1.54, 1.807) is 30.3 Å². The first-order valence-electron chi connectivity index (χ1n) is 7.22. The molecule has 8 heteroatoms. The highest BCUT2D eigenvalue weighted by molar-refractivity contribution is 7.16. The Kier molecular flexibility index (Phi) is 4.87. The van der Waals surface area contributed by atoms with Gasteiger partial charge in [-0.15, -0.1) is 0 Å². The second-order valence-corrected chi connectivity index (χ2v) is 6.54. The topological polar surface area (TPSA) is 80.9 Å². The molecule has 0 spiro atoms. The zero-order valence-electron chi connectivity index (χ0n) is 13.1. The van der Waals surface area contributed by atoms with Gasteiger partial charge >= 0.3 is 5.97 Å². The molecule has 1 aromatic heterocycles. The lowest BCUT2D eigenvalue weighted by Crippen LogP contribution is -2.21. The first kappa shape index (κ1) is 17.2. The van der Waals surface area contributed by atoms with Crippen LogP contribution in [0.1, 0.15) is 10.4 Å². The molecule has 2 aromatic carbocycles. The van der Waals surface area contributed by atoms with Crippen molar-refractivity contribution in [2.24, 2.45) is 4.99 Å². The number of amides is 1. The van der Waals surface area contributed by atoms with Gasteiger partial charge in [-0.1, -0.05) is 35.1 Å². The first-order chi connectivity index (χ1) is 12.0. The lowest BCUT2D eigenvalue weighted by atomic mass is 10.2. The maximum absolute atomic E-state index is 12.4. The molecule has 0 atom stereocenters. The van der Waals surface area contributed by atoms with Crippen LogP contribution in [0, 0.1) is 0 Å². The number of rotatable bonds is 4. The average molecular weight is 377 g/mol. The summed E-state index contributed by atoms with van der Waals surface area (Å²) in [6.45, 7) is -0.331. The lowest BCUT2D eigenvalue weighted by Gasteiger charge is -2.06. The number of halogens is 1. The minimum Gasteiger partial charge on any atom is -0.495 e. The van der Waals surface area contributed by atoms with E-state index < -0.39 is 11.9 Å². The summed E-state index contributed by atoms with van der Waals surface area (Å²) < 4.78 is 7.56. The summed E-state index contributed by atoms with van der Waals surface area (Å²) in [6.07, 6.45) is 0. The molecule has 0 radical (unpaired) electrons. The number of carboxylic acids is 1. The van der Waals surface area contributed by atoms with Crippen molar-refractivity contribution in [1.29, 1.82) is 0 Å². The number of aliphatic carboxylic acids is 1. The highest BCUT2D eigenvalue weighted by Crippen LogP contribution is 2.27. The highest BCUT2D eigenvalue weighted by Gasteiger charge is 2.15. The first-order valence-corrected chi connectivity index (χ1v) is 8.42. The van der Waals surface area contributed by atoms with Gasteiger partial charge in [0.25, 0.3) is 5.91 Å². The normalized spacial score (nSPS) is 11.7. The number of hydrogen-bond acceptors (Lipinski definition) is 4. The van der Waals surface area contributed by atoms with Crippen LogP contribution in [0.2, 0.25) is 5.02 Å². The average Bonchev–Trinajstić information content (AvgIpc) is 2.91. The minimum atomic E-state index is -1.04. The van der Waals surface area contributed by atoms with Crippen LogP contribution < -0.4 is 9.54 Å². The van der Waals surface area contributed by atoms with Crippen molar-refractivity contribution in [1.82, 2.24) is 4.57 Å². The number of ether oxygens (including phenoxy) is 1. The van der Waals surface area contributed by atoms with Crippen molar-refractivity contribution in [3.63, 3.8) is 0 Å². The van der Waals surface area contributed by atoms with Crippen LogP contribution in [-0.4, -0.2) is 28.7 Å². The molecule has 0 aliphatic rings. The van der Waals surface area contributed by atoms with Crippen molar-refractivity contribution >= 4 is 45.0 Å². The summed E-state index contributed by atoms with van der Waals surface area (Å²) in [5.74, 6) is -1.01. The van der Waals surface area contributed by atoms with Crippen LogP contribution in [0.15, 0.2) is 47.5 Å². The van der Waals surface area contributed by atoms with Gasteiger partial charge in [0, 0.05) is 10.6 Å². The van der Waals surface area contributed by atoms with E-state index in [0.29, 0.717) is 21.9 Å². The summed E-state index contributed by atoms with van der Waals surface area (Å²) in [5, 5.41) is 9.65. The highest BCUT2D eigenvalue weighted by atomic mass is 35.5. The van der Waals surface area contributed by atoms with E-state index in [0.717, 1.165) is 4.70 Å². The SMILES string of the molecule is COc1cccc2sc(=NC(=O)c3cccc(Cl)c3)n(CC(=O)O)c12. The Labute approximate surface area is 151 Å². The number of hydrogen-bond donors (Lipinski definition) is 1. The van der Waals surface area contributed by atoms with Gasteiger partial charge in [-0.2, -0.15) is 4.99 Å². The van der Waals surface area contributed by atoms with Gasteiger partial charge in [0.05, 0.1) is 11.8 Å². The van der Waals surface area contributed by atoms with Gasteiger partial charge in [0.1, 0.15) is 17.8 Å². The van der Waals surface area contributed by atoms with E-state index in [9.17, 15) is 14.7 Å². The Bertz CT molecular complexity index is 1040. The summed E-state index contributed by atoms with van der Waals surface area (Å²) in [7, 11) is 1.51. The van der Waals surface area contributed by atoms with Crippen molar-refractivity contribution < 1.29 is 19.4 Å². The molecule has 0 saturated heterocycles. The number of methoxy groups -OCH3 is 1. The molecular weight excluding hydrogens is 364 g/mol. The number of aromatic nitrogens is 1. The number of carbonyl (C=O) groups is 2. The number of nitrogens with zero attached hydrogens (tertiary/aromatic N) is 2. The molecule has 128 valence electrons. The molecule has 0 fully saturated rings. The quantitative estimate of drug-likeness (QED) is 0.758. The smallest absolute Gasteiger partial charge is 0.323 e. The van der Waals surface area contributed by atoms with Crippen molar-refractivity contribution in [2.75, 3.05) is 7.11 Å². The fourth-order valence-corrected chi connectivity index (χ4v) is 3.64. The Morgan fingerprint density at radius 1 is 1.28 bits per heavy atom. The van der Waals surface area contributed by atoms with Crippen LogP contribution >= 0.6 is 22.9 Å². The molecular formula is C17H13ClN2O4S. The molecule has 0 bridgehead atoms. The van der Waals surface area contributed by atoms with Crippen LogP contribution in [0.4, 0.5) is 0 Å². The molecule has 3 aromatic rings. The summed E-state index contributed by atoms with van der Waals surface area (Å²) >= 11 is 7.13. The maximum atomic E-state index is 12.4. The Morgan fingerprint density at radius 3 is 2.72 bits per heavy atom. The summed E-state index contributed by atoms with van der Waals surface area (Å²) in [5.41, 5.74) is 0.925. The fourth-order valence-electron chi connectivity index (χ4n) is 2.40. The van der Waals surface area contributed by atoms with Crippen LogP contribution in [0.5, 0.6) is 5.75 Å². The van der Waals surface area contributed by atoms with E-state index in [-0.39, 0.29) is 11.3 Å². The third kappa shape index (κ3) is 3.57. The van der Waals surface area contributed by atoms with Crippen molar-refractivity contribution in [3.05, 3.63) is 57.9 Å². The molecule has 25 heavy (non-hydrogen) atoms.